The molecule has 29 heavy (non-hydrogen) atoms. The first-order valence-corrected chi connectivity index (χ1v) is 11.3. The van der Waals surface area contributed by atoms with Crippen molar-refractivity contribution in [2.24, 2.45) is 0 Å². The number of anilines is 2. The van der Waals surface area contributed by atoms with Gasteiger partial charge in [0.2, 0.25) is 5.91 Å². The molecule has 0 saturated carbocycles. The molecule has 150 valence electrons. The van der Waals surface area contributed by atoms with Gasteiger partial charge in [0.15, 0.2) is 0 Å². The molecular weight excluding hydrogens is 430 g/mol. The number of nitrogens with zero attached hydrogens (tertiary/aromatic N) is 1. The van der Waals surface area contributed by atoms with Crippen molar-refractivity contribution in [2.45, 2.75) is 22.0 Å². The summed E-state index contributed by atoms with van der Waals surface area (Å²) in [6.45, 7) is 1.80. The lowest BCUT2D eigenvalue weighted by atomic mass is 10.3. The Balaban J connectivity index is 1.62. The van der Waals surface area contributed by atoms with Crippen LogP contribution in [0.25, 0.3) is 0 Å². The second-order valence-corrected chi connectivity index (χ2v) is 9.61. The third-order valence-electron chi connectivity index (χ3n) is 3.84. The van der Waals surface area contributed by atoms with Crippen molar-refractivity contribution in [1.82, 2.24) is 4.98 Å². The molecule has 3 rings (SSSR count). The first-order chi connectivity index (χ1) is 13.8. The number of carbonyl (C=O) groups is 1. The average Bonchev–Trinajstić information content (AvgIpc) is 2.70. The van der Waals surface area contributed by atoms with Gasteiger partial charge in [-0.2, -0.15) is 0 Å². The normalized spacial score (nSPS) is 12.2. The molecule has 0 fully saturated rings. The zero-order valence-corrected chi connectivity index (χ0v) is 17.8. The molecule has 3 aromatic rings. The number of sulfonamides is 1. The van der Waals surface area contributed by atoms with Crippen molar-refractivity contribution in [2.75, 3.05) is 10.0 Å². The number of thioether (sulfide) groups is 1. The standard InChI is InChI=1S/C20H18ClN3O3S2/c1-14(28-18-8-4-15(21)5-9-18)20(25)23-16-6-10-19(11-7-16)29(26,27)24-17-3-2-12-22-13-17/h2-14,24H,1H3,(H,23,25)/t14-/m1/s1. The lowest BCUT2D eigenvalue weighted by molar-refractivity contribution is -0.115. The van der Waals surface area contributed by atoms with E-state index in [2.05, 4.69) is 15.0 Å². The van der Waals surface area contributed by atoms with Gasteiger partial charge in [0.05, 0.1) is 22.0 Å². The highest BCUT2D eigenvalue weighted by atomic mass is 35.5. The summed E-state index contributed by atoms with van der Waals surface area (Å²) in [5, 5.41) is 3.09. The van der Waals surface area contributed by atoms with Gasteiger partial charge in [-0.3, -0.25) is 14.5 Å². The van der Waals surface area contributed by atoms with Gasteiger partial charge in [-0.25, -0.2) is 8.42 Å². The Kier molecular flexibility index (Phi) is 6.79. The Labute approximate surface area is 178 Å². The average molecular weight is 448 g/mol. The van der Waals surface area contributed by atoms with Gasteiger partial charge < -0.3 is 5.32 Å². The number of rotatable bonds is 7. The zero-order valence-electron chi connectivity index (χ0n) is 15.4. The van der Waals surface area contributed by atoms with Crippen molar-refractivity contribution in [3.63, 3.8) is 0 Å². The Morgan fingerprint density at radius 2 is 1.72 bits per heavy atom. The van der Waals surface area contributed by atoms with E-state index in [1.165, 1.54) is 30.1 Å². The summed E-state index contributed by atoms with van der Waals surface area (Å²) in [7, 11) is -3.74. The monoisotopic (exact) mass is 447 g/mol. The van der Waals surface area contributed by atoms with E-state index < -0.39 is 10.0 Å². The van der Waals surface area contributed by atoms with Gasteiger partial charge >= 0.3 is 0 Å². The van der Waals surface area contributed by atoms with E-state index in [4.69, 9.17) is 11.6 Å². The topological polar surface area (TPSA) is 88.2 Å². The van der Waals surface area contributed by atoms with Crippen LogP contribution in [-0.4, -0.2) is 24.6 Å². The third-order valence-corrected chi connectivity index (χ3v) is 6.60. The van der Waals surface area contributed by atoms with Crippen LogP contribution < -0.4 is 10.0 Å². The summed E-state index contributed by atoms with van der Waals surface area (Å²) < 4.78 is 27.3. The van der Waals surface area contributed by atoms with Crippen LogP contribution in [0, 0.1) is 0 Å². The van der Waals surface area contributed by atoms with Crippen LogP contribution in [0.4, 0.5) is 11.4 Å². The Bertz CT molecular complexity index is 1070. The van der Waals surface area contributed by atoms with Crippen LogP contribution in [0.5, 0.6) is 0 Å². The van der Waals surface area contributed by atoms with Gasteiger partial charge in [-0.1, -0.05) is 11.6 Å². The minimum atomic E-state index is -3.74. The Morgan fingerprint density at radius 3 is 2.34 bits per heavy atom. The third kappa shape index (κ3) is 5.96. The maximum Gasteiger partial charge on any atom is 0.261 e. The zero-order chi connectivity index (χ0) is 20.9. The first-order valence-electron chi connectivity index (χ1n) is 8.59. The van der Waals surface area contributed by atoms with Crippen LogP contribution in [-0.2, 0) is 14.8 Å². The van der Waals surface area contributed by atoms with Crippen LogP contribution >= 0.6 is 23.4 Å². The quantitative estimate of drug-likeness (QED) is 0.514. The predicted molar refractivity (Wildman–Crippen MR) is 117 cm³/mol. The molecule has 0 aliphatic heterocycles. The summed E-state index contributed by atoms with van der Waals surface area (Å²) >= 11 is 7.28. The van der Waals surface area contributed by atoms with Crippen molar-refractivity contribution in [1.29, 1.82) is 0 Å². The van der Waals surface area contributed by atoms with Gasteiger partial charge in [-0.05, 0) is 67.6 Å². The minimum Gasteiger partial charge on any atom is -0.325 e. The predicted octanol–water partition coefficient (Wildman–Crippen LogP) is 4.66. The largest absolute Gasteiger partial charge is 0.325 e. The molecule has 1 aromatic heterocycles. The molecule has 0 bridgehead atoms. The highest BCUT2D eigenvalue weighted by Gasteiger charge is 2.17. The van der Waals surface area contributed by atoms with E-state index in [1.807, 2.05) is 12.1 Å². The van der Waals surface area contributed by atoms with E-state index >= 15 is 0 Å². The van der Waals surface area contributed by atoms with Crippen LogP contribution in [0.1, 0.15) is 6.92 Å². The molecule has 1 atom stereocenters. The number of benzene rings is 2. The van der Waals surface area contributed by atoms with Crippen molar-refractivity contribution in [3.8, 4) is 0 Å². The second-order valence-electron chi connectivity index (χ2n) is 6.07. The van der Waals surface area contributed by atoms with Crippen molar-refractivity contribution < 1.29 is 13.2 Å². The smallest absolute Gasteiger partial charge is 0.261 e. The fraction of sp³-hybridized carbons (Fsp3) is 0.100. The van der Waals surface area contributed by atoms with E-state index in [9.17, 15) is 13.2 Å². The Morgan fingerprint density at radius 1 is 1.03 bits per heavy atom. The molecular formula is C20H18ClN3O3S2. The number of carbonyl (C=O) groups excluding carboxylic acids is 1. The summed E-state index contributed by atoms with van der Waals surface area (Å²) in [5.41, 5.74) is 0.886. The molecule has 0 unspecified atom stereocenters. The lowest BCUT2D eigenvalue weighted by Crippen LogP contribution is -2.22. The molecule has 0 saturated heterocycles. The fourth-order valence-corrected chi connectivity index (χ4v) is 4.41. The number of amides is 1. The van der Waals surface area contributed by atoms with Crippen molar-refractivity contribution in [3.05, 3.63) is 78.1 Å². The molecule has 2 aromatic carbocycles. The van der Waals surface area contributed by atoms with Crippen LogP contribution in [0.2, 0.25) is 5.02 Å². The highest BCUT2D eigenvalue weighted by Crippen LogP contribution is 2.26. The molecule has 2 N–H and O–H groups in total. The molecule has 0 radical (unpaired) electrons. The van der Waals surface area contributed by atoms with E-state index in [0.29, 0.717) is 16.4 Å². The summed E-state index contributed by atoms with van der Waals surface area (Å²) in [6.07, 6.45) is 2.98. The number of aromatic nitrogens is 1. The lowest BCUT2D eigenvalue weighted by Gasteiger charge is -2.13. The number of halogens is 1. The summed E-state index contributed by atoms with van der Waals surface area (Å²) in [4.78, 5) is 17.3. The van der Waals surface area contributed by atoms with Crippen LogP contribution in [0.3, 0.4) is 0 Å². The van der Waals surface area contributed by atoms with Gasteiger partial charge in [0.1, 0.15) is 0 Å². The molecule has 0 aliphatic carbocycles. The van der Waals surface area contributed by atoms with Crippen LogP contribution in [0.15, 0.2) is 82.8 Å². The molecule has 1 amide bonds. The fourth-order valence-electron chi connectivity index (χ4n) is 2.37. The number of hydrogen-bond acceptors (Lipinski definition) is 5. The molecule has 0 spiro atoms. The SMILES string of the molecule is C[C@@H](Sc1ccc(Cl)cc1)C(=O)Nc1ccc(S(=O)(=O)Nc2cccnc2)cc1. The molecule has 1 heterocycles. The highest BCUT2D eigenvalue weighted by molar-refractivity contribution is 8.00. The summed E-state index contributed by atoms with van der Waals surface area (Å²) in [6, 6.07) is 16.5. The van der Waals surface area contributed by atoms with Crippen molar-refractivity contribution >= 4 is 50.7 Å². The van der Waals surface area contributed by atoms with E-state index in [0.717, 1.165) is 4.90 Å². The molecule has 0 aliphatic rings. The van der Waals surface area contributed by atoms with Gasteiger partial charge in [0, 0.05) is 21.8 Å². The second kappa shape index (κ2) is 9.30. The number of pyridine rings is 1. The number of hydrogen-bond donors (Lipinski definition) is 2. The molecule has 6 nitrogen and oxygen atoms in total. The van der Waals surface area contributed by atoms with E-state index in [1.54, 1.807) is 49.5 Å². The first kappa shape index (κ1) is 21.2. The molecule has 9 heteroatoms. The number of nitrogens with one attached hydrogen (secondary N) is 2. The summed E-state index contributed by atoms with van der Waals surface area (Å²) in [5.74, 6) is -0.186. The van der Waals surface area contributed by atoms with E-state index in [-0.39, 0.29) is 16.1 Å². The Hall–Kier alpha value is -2.55. The maximum absolute atomic E-state index is 12.4. The van der Waals surface area contributed by atoms with Gasteiger partial charge in [-0.15, -0.1) is 11.8 Å². The maximum atomic E-state index is 12.4. The van der Waals surface area contributed by atoms with Gasteiger partial charge in [0.25, 0.3) is 10.0 Å². The minimum absolute atomic E-state index is 0.0861.